The van der Waals surface area contributed by atoms with Gasteiger partial charge in [-0.3, -0.25) is 9.69 Å². The number of fused-ring (bicyclic) bond motifs is 1. The maximum absolute atomic E-state index is 11.7. The minimum absolute atomic E-state index is 0.294. The first-order valence-electron chi connectivity index (χ1n) is 8.19. The second kappa shape index (κ2) is 6.08. The normalized spacial score (nSPS) is 18.3. The lowest BCUT2D eigenvalue weighted by Gasteiger charge is -2.34. The van der Waals surface area contributed by atoms with Crippen LogP contribution in [0.1, 0.15) is 27.9 Å². The number of benzene rings is 1. The Bertz CT molecular complexity index is 708. The number of piperazine rings is 1. The SMILES string of the molecule is O=C1CCc2cc(CN3CCN(c4ncccn4)CC3)ccc21. The van der Waals surface area contributed by atoms with E-state index in [-0.39, 0.29) is 0 Å². The third-order valence-electron chi connectivity index (χ3n) is 4.70. The molecule has 1 aromatic heterocycles. The minimum Gasteiger partial charge on any atom is -0.338 e. The molecule has 5 nitrogen and oxygen atoms in total. The number of hydrogen-bond acceptors (Lipinski definition) is 5. The van der Waals surface area contributed by atoms with Gasteiger partial charge < -0.3 is 4.90 Å². The average Bonchev–Trinajstić information content (AvgIpc) is 2.97. The van der Waals surface area contributed by atoms with Gasteiger partial charge in [-0.1, -0.05) is 18.2 Å². The summed E-state index contributed by atoms with van der Waals surface area (Å²) in [6.07, 6.45) is 5.16. The maximum atomic E-state index is 11.7. The van der Waals surface area contributed by atoms with E-state index in [1.807, 2.05) is 12.1 Å². The molecule has 0 amide bonds. The summed E-state index contributed by atoms with van der Waals surface area (Å²) < 4.78 is 0. The molecule has 1 aliphatic heterocycles. The van der Waals surface area contributed by atoms with Gasteiger partial charge in [-0.05, 0) is 23.6 Å². The van der Waals surface area contributed by atoms with E-state index in [1.54, 1.807) is 12.4 Å². The topological polar surface area (TPSA) is 49.3 Å². The number of rotatable bonds is 3. The van der Waals surface area contributed by atoms with Crippen molar-refractivity contribution < 1.29 is 4.79 Å². The lowest BCUT2D eigenvalue weighted by atomic mass is 10.1. The first-order valence-corrected chi connectivity index (χ1v) is 8.19. The number of hydrogen-bond donors (Lipinski definition) is 0. The maximum Gasteiger partial charge on any atom is 0.225 e. The largest absolute Gasteiger partial charge is 0.338 e. The number of ketones is 1. The number of carbonyl (C=O) groups excluding carboxylic acids is 1. The number of aromatic nitrogens is 2. The Morgan fingerprint density at radius 3 is 2.57 bits per heavy atom. The molecule has 0 radical (unpaired) electrons. The molecule has 2 heterocycles. The Kier molecular flexibility index (Phi) is 3.79. The van der Waals surface area contributed by atoms with Gasteiger partial charge in [0, 0.05) is 57.1 Å². The highest BCUT2D eigenvalue weighted by Gasteiger charge is 2.21. The molecule has 118 valence electrons. The van der Waals surface area contributed by atoms with Gasteiger partial charge in [-0.15, -0.1) is 0 Å². The van der Waals surface area contributed by atoms with Crippen LogP contribution in [0.5, 0.6) is 0 Å². The van der Waals surface area contributed by atoms with E-state index >= 15 is 0 Å². The molecule has 0 atom stereocenters. The zero-order chi connectivity index (χ0) is 15.6. The molecule has 1 aliphatic carbocycles. The molecule has 0 bridgehead atoms. The van der Waals surface area contributed by atoms with Gasteiger partial charge in [0.15, 0.2) is 5.78 Å². The molecule has 0 unspecified atom stereocenters. The summed E-state index contributed by atoms with van der Waals surface area (Å²) in [6.45, 7) is 4.87. The van der Waals surface area contributed by atoms with Gasteiger partial charge in [0.2, 0.25) is 5.95 Å². The summed E-state index contributed by atoms with van der Waals surface area (Å²) in [5.74, 6) is 1.12. The summed E-state index contributed by atoms with van der Waals surface area (Å²) in [6, 6.07) is 8.17. The molecule has 2 aromatic rings. The van der Waals surface area contributed by atoms with Crippen molar-refractivity contribution in [3.05, 3.63) is 53.3 Å². The van der Waals surface area contributed by atoms with Crippen LogP contribution in [0.2, 0.25) is 0 Å². The fourth-order valence-electron chi connectivity index (χ4n) is 3.43. The van der Waals surface area contributed by atoms with Crippen molar-refractivity contribution in [2.45, 2.75) is 19.4 Å². The fraction of sp³-hybridized carbons (Fsp3) is 0.389. The molecule has 1 fully saturated rings. The lowest BCUT2D eigenvalue weighted by molar-refractivity contribution is 0.0994. The van der Waals surface area contributed by atoms with E-state index in [0.29, 0.717) is 12.2 Å². The standard InChI is InChI=1S/C18H20N4O/c23-17-5-3-15-12-14(2-4-16(15)17)13-21-8-10-22(11-9-21)18-19-6-1-7-20-18/h1-2,4,6-7,12H,3,5,8-11,13H2. The van der Waals surface area contributed by atoms with E-state index in [9.17, 15) is 4.79 Å². The quantitative estimate of drug-likeness (QED) is 0.867. The first-order chi connectivity index (χ1) is 11.3. The average molecular weight is 308 g/mol. The molecular weight excluding hydrogens is 288 g/mol. The second-order valence-electron chi connectivity index (χ2n) is 6.23. The van der Waals surface area contributed by atoms with Gasteiger partial charge in [0.1, 0.15) is 0 Å². The molecule has 1 aromatic carbocycles. The molecule has 1 saturated heterocycles. The summed E-state index contributed by atoms with van der Waals surface area (Å²) in [5, 5.41) is 0. The third-order valence-corrected chi connectivity index (χ3v) is 4.70. The van der Waals surface area contributed by atoms with Gasteiger partial charge in [0.05, 0.1) is 0 Å². The number of anilines is 1. The first kappa shape index (κ1) is 14.3. The Balaban J connectivity index is 1.37. The number of Topliss-reactive ketones (excluding diaryl/α,β-unsaturated/α-hetero) is 1. The molecule has 0 spiro atoms. The third kappa shape index (κ3) is 2.97. The van der Waals surface area contributed by atoms with Crippen molar-refractivity contribution in [1.29, 1.82) is 0 Å². The van der Waals surface area contributed by atoms with E-state index in [4.69, 9.17) is 0 Å². The predicted molar refractivity (Wildman–Crippen MR) is 88.6 cm³/mol. The lowest BCUT2D eigenvalue weighted by Crippen LogP contribution is -2.46. The highest BCUT2D eigenvalue weighted by Crippen LogP contribution is 2.23. The van der Waals surface area contributed by atoms with Crippen LogP contribution in [0.4, 0.5) is 5.95 Å². The summed E-state index contributed by atoms with van der Waals surface area (Å²) in [7, 11) is 0. The smallest absolute Gasteiger partial charge is 0.225 e. The molecular formula is C18H20N4O. The van der Waals surface area contributed by atoms with Crippen LogP contribution in [0.15, 0.2) is 36.7 Å². The molecule has 0 N–H and O–H groups in total. The Morgan fingerprint density at radius 1 is 1.00 bits per heavy atom. The van der Waals surface area contributed by atoms with Gasteiger partial charge >= 0.3 is 0 Å². The number of aryl methyl sites for hydroxylation is 1. The summed E-state index contributed by atoms with van der Waals surface area (Å²) in [5.41, 5.74) is 3.46. The van der Waals surface area contributed by atoms with Crippen LogP contribution >= 0.6 is 0 Å². The van der Waals surface area contributed by atoms with Crippen LogP contribution in [-0.2, 0) is 13.0 Å². The van der Waals surface area contributed by atoms with Crippen LogP contribution in [0.3, 0.4) is 0 Å². The highest BCUT2D eigenvalue weighted by atomic mass is 16.1. The van der Waals surface area contributed by atoms with Crippen LogP contribution in [-0.4, -0.2) is 46.8 Å². The Hall–Kier alpha value is -2.27. The van der Waals surface area contributed by atoms with Crippen LogP contribution in [0.25, 0.3) is 0 Å². The van der Waals surface area contributed by atoms with Crippen LogP contribution < -0.4 is 4.90 Å². The zero-order valence-corrected chi connectivity index (χ0v) is 13.1. The van der Waals surface area contributed by atoms with Crippen molar-refractivity contribution in [2.24, 2.45) is 0 Å². The van der Waals surface area contributed by atoms with E-state index in [2.05, 4.69) is 31.9 Å². The minimum atomic E-state index is 0.294. The van der Waals surface area contributed by atoms with Crippen molar-refractivity contribution in [3.8, 4) is 0 Å². The van der Waals surface area contributed by atoms with E-state index in [1.165, 1.54) is 11.1 Å². The van der Waals surface area contributed by atoms with Crippen molar-refractivity contribution in [3.63, 3.8) is 0 Å². The second-order valence-corrected chi connectivity index (χ2v) is 6.23. The highest BCUT2D eigenvalue weighted by molar-refractivity contribution is 6.00. The summed E-state index contributed by atoms with van der Waals surface area (Å²) >= 11 is 0. The van der Waals surface area contributed by atoms with E-state index < -0.39 is 0 Å². The molecule has 0 saturated carbocycles. The van der Waals surface area contributed by atoms with Gasteiger partial charge in [-0.2, -0.15) is 0 Å². The number of nitrogens with zero attached hydrogens (tertiary/aromatic N) is 4. The van der Waals surface area contributed by atoms with Gasteiger partial charge in [0.25, 0.3) is 0 Å². The molecule has 5 heteroatoms. The Morgan fingerprint density at radius 2 is 1.78 bits per heavy atom. The van der Waals surface area contributed by atoms with E-state index in [0.717, 1.165) is 50.7 Å². The fourth-order valence-corrected chi connectivity index (χ4v) is 3.43. The molecule has 4 rings (SSSR count). The zero-order valence-electron chi connectivity index (χ0n) is 13.1. The predicted octanol–water partition coefficient (Wildman–Crippen LogP) is 1.93. The molecule has 2 aliphatic rings. The van der Waals surface area contributed by atoms with Crippen LogP contribution in [0, 0.1) is 0 Å². The van der Waals surface area contributed by atoms with Crippen molar-refractivity contribution >= 4 is 11.7 Å². The van der Waals surface area contributed by atoms with Crippen molar-refractivity contribution in [1.82, 2.24) is 14.9 Å². The monoisotopic (exact) mass is 308 g/mol. The Labute approximate surface area is 136 Å². The molecule has 23 heavy (non-hydrogen) atoms. The van der Waals surface area contributed by atoms with Crippen molar-refractivity contribution in [2.75, 3.05) is 31.1 Å². The number of carbonyl (C=O) groups is 1. The summed E-state index contributed by atoms with van der Waals surface area (Å²) in [4.78, 5) is 25.0. The van der Waals surface area contributed by atoms with Gasteiger partial charge in [-0.25, -0.2) is 9.97 Å².